The molecule has 3 heteroatoms. The van der Waals surface area contributed by atoms with E-state index in [0.717, 1.165) is 6.54 Å². The van der Waals surface area contributed by atoms with Crippen molar-refractivity contribution in [3.63, 3.8) is 0 Å². The lowest BCUT2D eigenvalue weighted by Gasteiger charge is -2.19. The van der Waals surface area contributed by atoms with Crippen LogP contribution in [0.25, 0.3) is 74.9 Å². The number of nitrogens with zero attached hydrogens (tertiary/aromatic N) is 2. The van der Waals surface area contributed by atoms with Gasteiger partial charge in [-0.15, -0.1) is 11.3 Å². The molecule has 2 nitrogen and oxygen atoms in total. The van der Waals surface area contributed by atoms with Gasteiger partial charge in [0.1, 0.15) is 6.54 Å². The van der Waals surface area contributed by atoms with E-state index in [-0.39, 0.29) is 0 Å². The zero-order valence-electron chi connectivity index (χ0n) is 29.1. The lowest BCUT2D eigenvalue weighted by atomic mass is 9.88. The smallest absolute Gasteiger partial charge is 0.226 e. The number of rotatable bonds is 5. The molecule has 0 saturated carbocycles. The molecule has 0 unspecified atom stereocenters. The molecule has 0 bridgehead atoms. The third kappa shape index (κ3) is 4.56. The number of benzene rings is 7. The molecule has 0 spiro atoms. The van der Waals surface area contributed by atoms with Crippen molar-refractivity contribution in [2.75, 3.05) is 0 Å². The van der Waals surface area contributed by atoms with Crippen LogP contribution in [0, 0.1) is 6.92 Å². The number of fused-ring (bicyclic) bond motifs is 9. The SMILES string of the molecule is Cc1ccc2c(sc3cc4c(ccc5ccccc54)cc32)c1-c1n(C)c2ccc3ccccc3c2[n+]1Cc1c(C(C)C)cccc1C(C)C. The zero-order chi connectivity index (χ0) is 33.6. The second-order valence-electron chi connectivity index (χ2n) is 14.4. The molecule has 7 aromatic carbocycles. The molecule has 240 valence electrons. The maximum atomic E-state index is 2.65. The molecule has 0 atom stereocenters. The monoisotopic (exact) mass is 653 g/mol. The van der Waals surface area contributed by atoms with E-state index in [1.807, 2.05) is 11.3 Å². The average molecular weight is 654 g/mol. The van der Waals surface area contributed by atoms with Gasteiger partial charge in [0.15, 0.2) is 11.0 Å². The Labute approximate surface area is 291 Å². The zero-order valence-corrected chi connectivity index (χ0v) is 30.0. The fourth-order valence-corrected chi connectivity index (χ4v) is 9.74. The minimum atomic E-state index is 0.433. The Hall–Kier alpha value is -4.99. The topological polar surface area (TPSA) is 8.81 Å². The molecule has 0 fully saturated rings. The van der Waals surface area contributed by atoms with Gasteiger partial charge < -0.3 is 0 Å². The van der Waals surface area contributed by atoms with Crippen molar-refractivity contribution in [1.29, 1.82) is 0 Å². The Morgan fingerprint density at radius 3 is 2.00 bits per heavy atom. The minimum Gasteiger partial charge on any atom is -0.226 e. The summed E-state index contributed by atoms with van der Waals surface area (Å²) in [5.74, 6) is 2.13. The molecule has 0 N–H and O–H groups in total. The van der Waals surface area contributed by atoms with Gasteiger partial charge in [0.2, 0.25) is 0 Å². The van der Waals surface area contributed by atoms with Crippen LogP contribution in [0.1, 0.15) is 61.8 Å². The molecular weight excluding hydrogens is 613 g/mol. The summed E-state index contributed by atoms with van der Waals surface area (Å²) in [5.41, 5.74) is 9.55. The van der Waals surface area contributed by atoms with Gasteiger partial charge in [-0.25, -0.2) is 9.13 Å². The second-order valence-corrected chi connectivity index (χ2v) is 15.5. The first-order valence-electron chi connectivity index (χ1n) is 17.6. The van der Waals surface area contributed by atoms with Gasteiger partial charge in [-0.3, -0.25) is 0 Å². The van der Waals surface area contributed by atoms with Crippen molar-refractivity contribution in [1.82, 2.24) is 4.57 Å². The van der Waals surface area contributed by atoms with Crippen LogP contribution in [-0.4, -0.2) is 4.57 Å². The molecule has 0 amide bonds. The highest BCUT2D eigenvalue weighted by atomic mass is 32.1. The van der Waals surface area contributed by atoms with E-state index in [4.69, 9.17) is 0 Å². The van der Waals surface area contributed by atoms with Crippen molar-refractivity contribution in [3.05, 3.63) is 138 Å². The first-order valence-corrected chi connectivity index (χ1v) is 18.4. The van der Waals surface area contributed by atoms with Crippen molar-refractivity contribution in [2.45, 2.75) is 53.0 Å². The molecule has 0 aliphatic heterocycles. The Bertz CT molecular complexity index is 2750. The van der Waals surface area contributed by atoms with Gasteiger partial charge >= 0.3 is 0 Å². The summed E-state index contributed by atoms with van der Waals surface area (Å²) in [7, 11) is 2.27. The van der Waals surface area contributed by atoms with E-state index < -0.39 is 0 Å². The third-order valence-electron chi connectivity index (χ3n) is 10.8. The Balaban J connectivity index is 1.40. The number of aromatic nitrogens is 2. The molecule has 0 aliphatic carbocycles. The minimum absolute atomic E-state index is 0.433. The lowest BCUT2D eigenvalue weighted by molar-refractivity contribution is -0.651. The van der Waals surface area contributed by atoms with E-state index in [1.54, 1.807) is 0 Å². The van der Waals surface area contributed by atoms with Crippen LogP contribution < -0.4 is 4.57 Å². The molecule has 49 heavy (non-hydrogen) atoms. The lowest BCUT2D eigenvalue weighted by Crippen LogP contribution is -2.37. The van der Waals surface area contributed by atoms with E-state index >= 15 is 0 Å². The van der Waals surface area contributed by atoms with E-state index in [2.05, 4.69) is 166 Å². The normalized spacial score (nSPS) is 12.3. The Morgan fingerprint density at radius 2 is 1.27 bits per heavy atom. The highest BCUT2D eigenvalue weighted by Gasteiger charge is 2.31. The molecule has 9 aromatic rings. The summed E-state index contributed by atoms with van der Waals surface area (Å²) >= 11 is 1.95. The second kappa shape index (κ2) is 11.3. The highest BCUT2D eigenvalue weighted by molar-refractivity contribution is 7.26. The quantitative estimate of drug-likeness (QED) is 0.129. The number of aryl methyl sites for hydroxylation is 2. The maximum Gasteiger partial charge on any atom is 0.291 e. The van der Waals surface area contributed by atoms with Crippen LogP contribution in [0.15, 0.2) is 115 Å². The summed E-state index contributed by atoms with van der Waals surface area (Å²) in [6, 6.07) is 43.3. The van der Waals surface area contributed by atoms with Gasteiger partial charge in [-0.1, -0.05) is 113 Å². The molecule has 0 saturated heterocycles. The number of hydrogen-bond donors (Lipinski definition) is 0. The Morgan fingerprint density at radius 1 is 0.612 bits per heavy atom. The maximum absolute atomic E-state index is 2.65. The molecule has 9 rings (SSSR count). The van der Waals surface area contributed by atoms with Crippen molar-refractivity contribution in [2.24, 2.45) is 7.05 Å². The van der Waals surface area contributed by atoms with E-state index in [9.17, 15) is 0 Å². The first-order chi connectivity index (χ1) is 23.8. The fourth-order valence-electron chi connectivity index (χ4n) is 8.42. The molecular formula is C46H41N2S+. The van der Waals surface area contributed by atoms with Gasteiger partial charge in [-0.05, 0) is 92.7 Å². The Kier molecular flexibility index (Phi) is 6.93. The number of thiophene rings is 1. The molecule has 2 aromatic heterocycles. The molecule has 0 radical (unpaired) electrons. The van der Waals surface area contributed by atoms with E-state index in [1.165, 1.54) is 97.2 Å². The third-order valence-corrected chi connectivity index (χ3v) is 12.0. The molecule has 2 heterocycles. The van der Waals surface area contributed by atoms with Crippen LogP contribution >= 0.6 is 11.3 Å². The summed E-state index contributed by atoms with van der Waals surface area (Å²) in [6.45, 7) is 12.5. The van der Waals surface area contributed by atoms with Crippen LogP contribution in [0.4, 0.5) is 0 Å². The van der Waals surface area contributed by atoms with Crippen LogP contribution in [0.5, 0.6) is 0 Å². The van der Waals surface area contributed by atoms with Gasteiger partial charge in [0, 0.05) is 26.4 Å². The van der Waals surface area contributed by atoms with Gasteiger partial charge in [-0.2, -0.15) is 0 Å². The average Bonchev–Trinajstić information content (AvgIpc) is 3.61. The predicted molar refractivity (Wildman–Crippen MR) is 212 cm³/mol. The standard InChI is InChI=1S/C46H41N2S/c1-27(2)33-16-11-17-34(28(3)4)40(33)26-48-44-36-15-10-8-13-31(36)21-23-41(44)47(6)46(48)43-29(5)18-22-37-39-24-32-20-19-30-12-7-9-14-35(30)38(32)25-42(39)49-45(37)43/h7-25,27-28H,26H2,1-6H3/q+1. The van der Waals surface area contributed by atoms with E-state index in [0.29, 0.717) is 11.8 Å². The van der Waals surface area contributed by atoms with Crippen LogP contribution in [-0.2, 0) is 13.6 Å². The van der Waals surface area contributed by atoms with Crippen molar-refractivity contribution < 1.29 is 4.57 Å². The van der Waals surface area contributed by atoms with Crippen molar-refractivity contribution >= 4 is 74.9 Å². The summed E-state index contributed by atoms with van der Waals surface area (Å²) in [6.07, 6.45) is 0. The van der Waals surface area contributed by atoms with Crippen molar-refractivity contribution in [3.8, 4) is 11.4 Å². The van der Waals surface area contributed by atoms with Gasteiger partial charge in [0.25, 0.3) is 5.82 Å². The number of imidazole rings is 1. The summed E-state index contributed by atoms with van der Waals surface area (Å²) in [4.78, 5) is 0. The largest absolute Gasteiger partial charge is 0.291 e. The first kappa shape index (κ1) is 30.1. The predicted octanol–water partition coefficient (Wildman–Crippen LogP) is 12.6. The van der Waals surface area contributed by atoms with Crippen LogP contribution in [0.2, 0.25) is 0 Å². The highest BCUT2D eigenvalue weighted by Crippen LogP contribution is 2.44. The number of hydrogen-bond acceptors (Lipinski definition) is 1. The summed E-state index contributed by atoms with van der Waals surface area (Å²) < 4.78 is 7.82. The molecule has 0 aliphatic rings. The summed E-state index contributed by atoms with van der Waals surface area (Å²) in [5, 5.41) is 10.5. The fraction of sp³-hybridized carbons (Fsp3) is 0.196. The van der Waals surface area contributed by atoms with Gasteiger partial charge in [0.05, 0.1) is 17.3 Å². The van der Waals surface area contributed by atoms with Crippen LogP contribution in [0.3, 0.4) is 0 Å².